The Hall–Kier alpha value is -3.08. The number of carbonyl (C=O) groups is 2. The largest absolute Gasteiger partial charge is 0.496 e. The first-order chi connectivity index (χ1) is 12.6. The van der Waals surface area contributed by atoms with E-state index in [2.05, 4.69) is 5.32 Å². The van der Waals surface area contributed by atoms with E-state index in [4.69, 9.17) is 9.47 Å². The maximum Gasteiger partial charge on any atom is 0.336 e. The molecule has 2 aromatic carbocycles. The minimum absolute atomic E-state index is 0.127. The average molecular weight is 351 g/mol. The lowest BCUT2D eigenvalue weighted by molar-refractivity contribution is -0.141. The fraction of sp³-hybridized carbons (Fsp3) is 0.238. The van der Waals surface area contributed by atoms with Crippen LogP contribution in [0.25, 0.3) is 0 Å². The Morgan fingerprint density at radius 1 is 1.12 bits per heavy atom. The summed E-state index contributed by atoms with van der Waals surface area (Å²) in [6, 6.07) is 16.9. The van der Waals surface area contributed by atoms with Crippen molar-refractivity contribution in [1.29, 1.82) is 0 Å². The third-order valence-electron chi connectivity index (χ3n) is 4.42. The van der Waals surface area contributed by atoms with Gasteiger partial charge in [0.15, 0.2) is 0 Å². The van der Waals surface area contributed by atoms with Crippen LogP contribution in [0, 0.1) is 0 Å². The first kappa shape index (κ1) is 17.7. The van der Waals surface area contributed by atoms with E-state index in [-0.39, 0.29) is 18.9 Å². The van der Waals surface area contributed by atoms with Gasteiger partial charge in [-0.15, -0.1) is 0 Å². The van der Waals surface area contributed by atoms with E-state index in [0.29, 0.717) is 17.0 Å². The van der Waals surface area contributed by atoms with Crippen molar-refractivity contribution in [2.45, 2.75) is 25.9 Å². The molecular formula is C21H21NO4. The lowest BCUT2D eigenvalue weighted by Gasteiger charge is -2.27. The molecule has 134 valence electrons. The second-order valence-electron chi connectivity index (χ2n) is 6.15. The third-order valence-corrected chi connectivity index (χ3v) is 4.42. The second-order valence-corrected chi connectivity index (χ2v) is 6.15. The molecule has 5 heteroatoms. The maximum absolute atomic E-state index is 12.8. The molecule has 3 rings (SSSR count). The Morgan fingerprint density at radius 3 is 2.54 bits per heavy atom. The van der Waals surface area contributed by atoms with Crippen LogP contribution in [0.15, 0.2) is 65.9 Å². The van der Waals surface area contributed by atoms with Crippen LogP contribution in [0.4, 0.5) is 0 Å². The molecule has 0 saturated carbocycles. The molecule has 1 unspecified atom stereocenters. The Kier molecular flexibility index (Phi) is 5.37. The molecule has 1 heterocycles. The zero-order valence-electron chi connectivity index (χ0n) is 14.8. The number of hydrogen-bond acceptors (Lipinski definition) is 4. The predicted octanol–water partition coefficient (Wildman–Crippen LogP) is 3.32. The molecule has 5 nitrogen and oxygen atoms in total. The van der Waals surface area contributed by atoms with Crippen LogP contribution >= 0.6 is 0 Å². The third kappa shape index (κ3) is 3.77. The molecule has 0 spiro atoms. The molecule has 1 atom stereocenters. The van der Waals surface area contributed by atoms with E-state index >= 15 is 0 Å². The molecule has 0 radical (unpaired) electrons. The molecule has 0 aromatic heterocycles. The van der Waals surface area contributed by atoms with Gasteiger partial charge in [0, 0.05) is 23.6 Å². The number of methoxy groups -OCH3 is 1. The molecule has 0 aliphatic carbocycles. The van der Waals surface area contributed by atoms with Crippen LogP contribution in [-0.4, -0.2) is 19.0 Å². The molecule has 1 amide bonds. The molecular weight excluding hydrogens is 330 g/mol. The normalized spacial score (nSPS) is 16.8. The minimum Gasteiger partial charge on any atom is -0.496 e. The Bertz CT molecular complexity index is 842. The summed E-state index contributed by atoms with van der Waals surface area (Å²) < 4.78 is 10.9. The fourth-order valence-electron chi connectivity index (χ4n) is 3.19. The van der Waals surface area contributed by atoms with E-state index in [9.17, 15) is 9.59 Å². The van der Waals surface area contributed by atoms with Crippen molar-refractivity contribution in [3.63, 3.8) is 0 Å². The lowest BCUT2D eigenvalue weighted by atomic mass is 9.84. The van der Waals surface area contributed by atoms with E-state index in [1.807, 2.05) is 54.6 Å². The number of allylic oxidation sites excluding steroid dienone is 1. The maximum atomic E-state index is 12.8. The topological polar surface area (TPSA) is 64.6 Å². The van der Waals surface area contributed by atoms with Crippen molar-refractivity contribution in [2.24, 2.45) is 0 Å². The Labute approximate surface area is 152 Å². The number of para-hydroxylation sites is 1. The number of benzene rings is 2. The SMILES string of the molecule is COc1ccccc1C1CC(=O)NC(C)=C1C(=O)OCc1ccccc1. The standard InChI is InChI=1S/C21H21NO4/c1-14-20(21(24)26-13-15-8-4-3-5-9-15)17(12-19(23)22-14)16-10-6-7-11-18(16)25-2/h3-11,17H,12-13H2,1-2H3,(H,22,23). The van der Waals surface area contributed by atoms with Gasteiger partial charge in [-0.05, 0) is 18.6 Å². The van der Waals surface area contributed by atoms with Gasteiger partial charge < -0.3 is 14.8 Å². The van der Waals surface area contributed by atoms with Crippen molar-refractivity contribution in [3.05, 3.63) is 77.0 Å². The van der Waals surface area contributed by atoms with Crippen molar-refractivity contribution in [2.75, 3.05) is 7.11 Å². The highest BCUT2D eigenvalue weighted by molar-refractivity contribution is 5.96. The highest BCUT2D eigenvalue weighted by atomic mass is 16.5. The summed E-state index contributed by atoms with van der Waals surface area (Å²) in [5, 5.41) is 2.74. The van der Waals surface area contributed by atoms with Gasteiger partial charge in [-0.25, -0.2) is 4.79 Å². The highest BCUT2D eigenvalue weighted by Gasteiger charge is 2.34. The lowest BCUT2D eigenvalue weighted by Crippen LogP contribution is -2.34. The molecule has 1 aliphatic rings. The van der Waals surface area contributed by atoms with E-state index < -0.39 is 11.9 Å². The molecule has 1 N–H and O–H groups in total. The fourth-order valence-corrected chi connectivity index (χ4v) is 3.19. The van der Waals surface area contributed by atoms with E-state index in [1.165, 1.54) is 0 Å². The second kappa shape index (κ2) is 7.87. The number of esters is 1. The van der Waals surface area contributed by atoms with Crippen LogP contribution < -0.4 is 10.1 Å². The average Bonchev–Trinajstić information content (AvgIpc) is 2.66. The van der Waals surface area contributed by atoms with Crippen molar-refractivity contribution in [3.8, 4) is 5.75 Å². The molecule has 0 fully saturated rings. The predicted molar refractivity (Wildman–Crippen MR) is 97.4 cm³/mol. The monoisotopic (exact) mass is 351 g/mol. The van der Waals surface area contributed by atoms with Gasteiger partial charge in [0.1, 0.15) is 12.4 Å². The van der Waals surface area contributed by atoms with Crippen LogP contribution in [0.5, 0.6) is 5.75 Å². The van der Waals surface area contributed by atoms with Crippen LogP contribution in [-0.2, 0) is 20.9 Å². The van der Waals surface area contributed by atoms with Crippen LogP contribution in [0.2, 0.25) is 0 Å². The van der Waals surface area contributed by atoms with Gasteiger partial charge in [-0.3, -0.25) is 4.79 Å². The number of rotatable bonds is 5. The summed E-state index contributed by atoms with van der Waals surface area (Å²) in [6.07, 6.45) is 0.174. The Morgan fingerprint density at radius 2 is 1.81 bits per heavy atom. The number of carbonyl (C=O) groups excluding carboxylic acids is 2. The highest BCUT2D eigenvalue weighted by Crippen LogP contribution is 2.38. The molecule has 26 heavy (non-hydrogen) atoms. The molecule has 2 aromatic rings. The quantitative estimate of drug-likeness (QED) is 0.840. The number of ether oxygens (including phenoxy) is 2. The van der Waals surface area contributed by atoms with Gasteiger partial charge >= 0.3 is 5.97 Å². The van der Waals surface area contributed by atoms with Gasteiger partial charge in [0.2, 0.25) is 5.91 Å². The summed E-state index contributed by atoms with van der Waals surface area (Å²) >= 11 is 0. The first-order valence-corrected chi connectivity index (χ1v) is 8.44. The van der Waals surface area contributed by atoms with Crippen LogP contribution in [0.1, 0.15) is 30.4 Å². The molecule has 0 saturated heterocycles. The molecule has 1 aliphatic heterocycles. The zero-order chi connectivity index (χ0) is 18.5. The Balaban J connectivity index is 1.89. The first-order valence-electron chi connectivity index (χ1n) is 8.44. The molecule has 0 bridgehead atoms. The van der Waals surface area contributed by atoms with Crippen LogP contribution in [0.3, 0.4) is 0 Å². The van der Waals surface area contributed by atoms with Crippen molar-refractivity contribution < 1.29 is 19.1 Å². The van der Waals surface area contributed by atoms with Gasteiger partial charge in [-0.1, -0.05) is 48.5 Å². The van der Waals surface area contributed by atoms with E-state index in [0.717, 1.165) is 11.1 Å². The summed E-state index contributed by atoms with van der Waals surface area (Å²) in [6.45, 7) is 1.90. The van der Waals surface area contributed by atoms with Crippen molar-refractivity contribution in [1.82, 2.24) is 5.32 Å². The summed E-state index contributed by atoms with van der Waals surface area (Å²) in [7, 11) is 1.58. The van der Waals surface area contributed by atoms with Gasteiger partial charge in [0.25, 0.3) is 0 Å². The van der Waals surface area contributed by atoms with Gasteiger partial charge in [-0.2, -0.15) is 0 Å². The zero-order valence-corrected chi connectivity index (χ0v) is 14.8. The number of hydrogen-bond donors (Lipinski definition) is 1. The number of amides is 1. The smallest absolute Gasteiger partial charge is 0.336 e. The van der Waals surface area contributed by atoms with Gasteiger partial charge in [0.05, 0.1) is 12.7 Å². The number of nitrogens with one attached hydrogen (secondary N) is 1. The van der Waals surface area contributed by atoms with Crippen molar-refractivity contribution >= 4 is 11.9 Å². The minimum atomic E-state index is -0.428. The summed E-state index contributed by atoms with van der Waals surface area (Å²) in [4.78, 5) is 24.9. The summed E-state index contributed by atoms with van der Waals surface area (Å²) in [5.41, 5.74) is 2.70. The van der Waals surface area contributed by atoms with E-state index in [1.54, 1.807) is 14.0 Å². The summed E-state index contributed by atoms with van der Waals surface area (Å²) in [5.74, 6) is -0.309.